The number of hydrogen-bond donors (Lipinski definition) is 1. The number of halogens is 1. The minimum absolute atomic E-state index is 0.0228. The summed E-state index contributed by atoms with van der Waals surface area (Å²) >= 11 is 0. The first-order valence-corrected chi connectivity index (χ1v) is 8.10. The summed E-state index contributed by atoms with van der Waals surface area (Å²) in [6, 6.07) is 5.77. The summed E-state index contributed by atoms with van der Waals surface area (Å²) in [6.07, 6.45) is 0. The molecule has 1 saturated heterocycles. The zero-order valence-electron chi connectivity index (χ0n) is 10.7. The normalized spacial score (nSPS) is 19.1. The average molecular weight is 303 g/mol. The fourth-order valence-corrected chi connectivity index (χ4v) is 2.73. The Kier molecular flexibility index (Phi) is 3.49. The summed E-state index contributed by atoms with van der Waals surface area (Å²) in [6.45, 7) is 5.30. The molecule has 0 atom stereocenters. The van der Waals surface area contributed by atoms with Crippen molar-refractivity contribution in [2.24, 2.45) is 5.41 Å². The molecule has 0 aliphatic carbocycles. The average Bonchev–Trinajstić information content (AvgIpc) is 2.31. The van der Waals surface area contributed by atoms with Gasteiger partial charge in [-0.05, 0) is 24.3 Å². The van der Waals surface area contributed by atoms with Crippen LogP contribution in [0.1, 0.15) is 13.8 Å². The van der Waals surface area contributed by atoms with Crippen LogP contribution in [0.25, 0.3) is 0 Å². The lowest BCUT2D eigenvalue weighted by molar-refractivity contribution is 0.224. The van der Waals surface area contributed by atoms with E-state index in [0.29, 0.717) is 18.8 Å². The lowest BCUT2D eigenvalue weighted by Crippen LogP contribution is -2.55. The highest BCUT2D eigenvalue weighted by Crippen LogP contribution is 2.26. The molecule has 5 nitrogen and oxygen atoms in total. The van der Waals surface area contributed by atoms with Crippen molar-refractivity contribution < 1.29 is 13.2 Å². The second-order valence-corrected chi connectivity index (χ2v) is 7.91. The fourth-order valence-electron chi connectivity index (χ4n) is 1.96. The van der Waals surface area contributed by atoms with Gasteiger partial charge in [0.25, 0.3) is 9.05 Å². The van der Waals surface area contributed by atoms with Gasteiger partial charge in [-0.3, -0.25) is 4.90 Å². The number of anilines is 1. The molecule has 0 unspecified atom stereocenters. The van der Waals surface area contributed by atoms with Gasteiger partial charge < -0.3 is 5.32 Å². The molecule has 7 heteroatoms. The maximum Gasteiger partial charge on any atom is 0.321 e. The van der Waals surface area contributed by atoms with E-state index < -0.39 is 9.05 Å². The molecule has 104 valence electrons. The van der Waals surface area contributed by atoms with E-state index in [1.807, 2.05) is 0 Å². The molecule has 1 aromatic carbocycles. The van der Waals surface area contributed by atoms with Crippen LogP contribution in [0, 0.1) is 5.41 Å². The zero-order valence-corrected chi connectivity index (χ0v) is 12.3. The van der Waals surface area contributed by atoms with E-state index in [2.05, 4.69) is 19.2 Å². The third-order valence-electron chi connectivity index (χ3n) is 2.98. The first-order valence-electron chi connectivity index (χ1n) is 5.79. The molecule has 0 bridgehead atoms. The van der Waals surface area contributed by atoms with E-state index >= 15 is 0 Å². The largest absolute Gasteiger partial charge is 0.337 e. The smallest absolute Gasteiger partial charge is 0.321 e. The van der Waals surface area contributed by atoms with Gasteiger partial charge in [-0.15, -0.1) is 0 Å². The van der Waals surface area contributed by atoms with Crippen molar-refractivity contribution in [1.82, 2.24) is 5.32 Å². The van der Waals surface area contributed by atoms with Gasteiger partial charge in [0.15, 0.2) is 0 Å². The summed E-state index contributed by atoms with van der Waals surface area (Å²) in [5.41, 5.74) is 0.611. The Bertz CT molecular complexity index is 596. The molecule has 0 aromatic heterocycles. The van der Waals surface area contributed by atoms with Crippen LogP contribution in [0.3, 0.4) is 0 Å². The Morgan fingerprint density at radius 2 is 1.84 bits per heavy atom. The first-order chi connectivity index (χ1) is 8.69. The van der Waals surface area contributed by atoms with Crippen molar-refractivity contribution >= 4 is 31.5 Å². The van der Waals surface area contributed by atoms with Gasteiger partial charge in [0.2, 0.25) is 0 Å². The molecule has 1 heterocycles. The van der Waals surface area contributed by atoms with Crippen LogP contribution >= 0.6 is 10.7 Å². The number of carbonyl (C=O) groups is 1. The molecule has 2 rings (SSSR count). The number of benzene rings is 1. The molecule has 2 amide bonds. The van der Waals surface area contributed by atoms with Crippen LogP contribution in [-0.2, 0) is 9.05 Å². The summed E-state index contributed by atoms with van der Waals surface area (Å²) in [7, 11) is 1.52. The van der Waals surface area contributed by atoms with Crippen LogP contribution in [0.5, 0.6) is 0 Å². The number of rotatable bonds is 2. The minimum Gasteiger partial charge on any atom is -0.337 e. The monoisotopic (exact) mass is 302 g/mol. The molecule has 1 aliphatic rings. The van der Waals surface area contributed by atoms with Crippen LogP contribution in [0.4, 0.5) is 10.5 Å². The zero-order chi connectivity index (χ0) is 14.3. The second-order valence-electron chi connectivity index (χ2n) is 5.34. The molecule has 1 N–H and O–H groups in total. The molecular formula is C12H15ClN2O3S. The van der Waals surface area contributed by atoms with E-state index in [4.69, 9.17) is 10.7 Å². The number of nitrogens with zero attached hydrogens (tertiary/aromatic N) is 1. The molecule has 0 radical (unpaired) electrons. The Hall–Kier alpha value is -1.27. The molecule has 0 spiro atoms. The van der Waals surface area contributed by atoms with Crippen molar-refractivity contribution in [1.29, 1.82) is 0 Å². The van der Waals surface area contributed by atoms with Crippen LogP contribution < -0.4 is 10.2 Å². The van der Waals surface area contributed by atoms with Crippen molar-refractivity contribution in [3.05, 3.63) is 24.3 Å². The topological polar surface area (TPSA) is 66.5 Å². The van der Waals surface area contributed by atoms with E-state index in [1.54, 1.807) is 17.0 Å². The Balaban J connectivity index is 2.29. The lowest BCUT2D eigenvalue weighted by atomic mass is 9.91. The van der Waals surface area contributed by atoms with Gasteiger partial charge in [-0.25, -0.2) is 13.2 Å². The van der Waals surface area contributed by atoms with Gasteiger partial charge >= 0.3 is 6.03 Å². The quantitative estimate of drug-likeness (QED) is 0.851. The molecular weight excluding hydrogens is 288 g/mol. The summed E-state index contributed by atoms with van der Waals surface area (Å²) in [4.78, 5) is 13.4. The van der Waals surface area contributed by atoms with E-state index in [-0.39, 0.29) is 16.3 Å². The maximum absolute atomic E-state index is 11.8. The number of carbonyl (C=O) groups excluding carboxylic acids is 1. The SMILES string of the molecule is CC1(C)CNC(=O)N(c2ccc(S(=O)(=O)Cl)cc2)C1. The predicted octanol–water partition coefficient (Wildman–Crippen LogP) is 2.17. The number of nitrogens with one attached hydrogen (secondary N) is 1. The van der Waals surface area contributed by atoms with Gasteiger partial charge in [0.05, 0.1) is 4.90 Å². The molecule has 19 heavy (non-hydrogen) atoms. The molecule has 1 aromatic rings. The molecule has 1 aliphatic heterocycles. The van der Waals surface area contributed by atoms with Crippen LogP contribution in [0.2, 0.25) is 0 Å². The van der Waals surface area contributed by atoms with Crippen molar-refractivity contribution in [3.63, 3.8) is 0 Å². The van der Waals surface area contributed by atoms with E-state index in [1.165, 1.54) is 12.1 Å². The number of hydrogen-bond acceptors (Lipinski definition) is 3. The maximum atomic E-state index is 11.8. The standard InChI is InChI=1S/C12H15ClN2O3S/c1-12(2)7-14-11(16)15(8-12)9-3-5-10(6-4-9)19(13,17)18/h3-6H,7-8H2,1-2H3,(H,14,16). The molecule has 0 saturated carbocycles. The van der Waals surface area contributed by atoms with Crippen LogP contribution in [-0.4, -0.2) is 27.5 Å². The van der Waals surface area contributed by atoms with Gasteiger partial charge in [0.1, 0.15) is 0 Å². The third-order valence-corrected chi connectivity index (χ3v) is 4.35. The second kappa shape index (κ2) is 4.68. The van der Waals surface area contributed by atoms with Crippen molar-refractivity contribution in [2.75, 3.05) is 18.0 Å². The highest BCUT2D eigenvalue weighted by Gasteiger charge is 2.31. The van der Waals surface area contributed by atoms with E-state index in [0.717, 1.165) is 0 Å². The Morgan fingerprint density at radius 1 is 1.26 bits per heavy atom. The van der Waals surface area contributed by atoms with Gasteiger partial charge in [0, 0.05) is 34.9 Å². The first kappa shape index (κ1) is 14.1. The summed E-state index contributed by atoms with van der Waals surface area (Å²) in [5.74, 6) is 0. The molecule has 1 fully saturated rings. The van der Waals surface area contributed by atoms with Crippen LogP contribution in [0.15, 0.2) is 29.2 Å². The summed E-state index contributed by atoms with van der Waals surface area (Å²) < 4.78 is 22.3. The number of urea groups is 1. The Labute approximate surface area is 117 Å². The van der Waals surface area contributed by atoms with Crippen molar-refractivity contribution in [3.8, 4) is 0 Å². The van der Waals surface area contributed by atoms with Gasteiger partial charge in [-0.1, -0.05) is 13.8 Å². The van der Waals surface area contributed by atoms with Gasteiger partial charge in [-0.2, -0.15) is 0 Å². The highest BCUT2D eigenvalue weighted by molar-refractivity contribution is 8.13. The summed E-state index contributed by atoms with van der Waals surface area (Å²) in [5, 5.41) is 2.81. The lowest BCUT2D eigenvalue weighted by Gasteiger charge is -2.38. The minimum atomic E-state index is -3.73. The predicted molar refractivity (Wildman–Crippen MR) is 74.0 cm³/mol. The fraction of sp³-hybridized carbons (Fsp3) is 0.417. The third kappa shape index (κ3) is 3.19. The van der Waals surface area contributed by atoms with E-state index in [9.17, 15) is 13.2 Å². The number of amides is 2. The van der Waals surface area contributed by atoms with Crippen molar-refractivity contribution in [2.45, 2.75) is 18.7 Å². The Morgan fingerprint density at radius 3 is 2.37 bits per heavy atom. The highest BCUT2D eigenvalue weighted by atomic mass is 35.7.